The highest BCUT2D eigenvalue weighted by Gasteiger charge is 2.13. The number of hydrogen-bond donors (Lipinski definition) is 4. The lowest BCUT2D eigenvalue weighted by atomic mass is 10.2. The Labute approximate surface area is 279 Å². The van der Waals surface area contributed by atoms with Crippen LogP contribution in [0.1, 0.15) is 51.2 Å². The second kappa shape index (κ2) is 23.5. The van der Waals surface area contributed by atoms with E-state index in [-0.39, 0.29) is 0 Å². The number of nitrogens with one attached hydrogen (secondary N) is 3. The Balaban J connectivity index is 0.000000336. The Kier molecular flexibility index (Phi) is 20.9. The van der Waals surface area contributed by atoms with Crippen molar-refractivity contribution in [2.45, 2.75) is 53.0 Å². The zero-order valence-corrected chi connectivity index (χ0v) is 29.5. The molecule has 4 rings (SSSR count). The first-order valence-corrected chi connectivity index (χ1v) is 16.6. The third-order valence-corrected chi connectivity index (χ3v) is 7.58. The van der Waals surface area contributed by atoms with E-state index in [1.807, 2.05) is 48.2 Å². The molecule has 5 N–H and O–H groups in total. The van der Waals surface area contributed by atoms with Gasteiger partial charge in [0.05, 0.1) is 6.04 Å². The number of hydrazine groups is 1. The zero-order chi connectivity index (χ0) is 32.7. The summed E-state index contributed by atoms with van der Waals surface area (Å²) < 4.78 is 1.89. The van der Waals surface area contributed by atoms with Gasteiger partial charge in [0.15, 0.2) is 0 Å². The largest absolute Gasteiger partial charge is 0.327 e. The van der Waals surface area contributed by atoms with E-state index in [2.05, 4.69) is 79.8 Å². The number of rotatable bonds is 8. The molecule has 0 amide bonds. The van der Waals surface area contributed by atoms with Crippen LogP contribution in [0.2, 0.25) is 5.02 Å². The highest BCUT2D eigenvalue weighted by molar-refractivity contribution is 7.80. The Morgan fingerprint density at radius 3 is 2.39 bits per heavy atom. The number of nitrogens with zero attached hydrogens (tertiary/aromatic N) is 3. The molecule has 0 radical (unpaired) electrons. The predicted octanol–water partition coefficient (Wildman–Crippen LogP) is 6.90. The average molecular weight is 656 g/mol. The van der Waals surface area contributed by atoms with E-state index >= 15 is 0 Å². The van der Waals surface area contributed by atoms with Crippen molar-refractivity contribution in [3.63, 3.8) is 0 Å². The lowest BCUT2D eigenvalue weighted by Crippen LogP contribution is -2.33. The van der Waals surface area contributed by atoms with E-state index in [4.69, 9.17) is 34.5 Å². The van der Waals surface area contributed by atoms with E-state index in [0.29, 0.717) is 22.6 Å². The topological polar surface area (TPSA) is 92.3 Å². The normalized spacial score (nSPS) is 14.5. The SMILES string of the molecule is C=C/C(=C\C=C/CN)CC.CCC.CNNC(=S)c1ccc(Cl)cc1.Cc1ccc(-c2nn(C)c(=NC3CCNC3)s2)cc1. The molecular weight excluding hydrogens is 606 g/mol. The molecule has 0 aliphatic carbocycles. The molecule has 1 aliphatic heterocycles. The van der Waals surface area contributed by atoms with Crippen LogP contribution in [0.4, 0.5) is 0 Å². The molecule has 1 unspecified atom stereocenters. The smallest absolute Gasteiger partial charge is 0.203 e. The summed E-state index contributed by atoms with van der Waals surface area (Å²) in [6.45, 7) is 14.8. The standard InChI is InChI=1S/C14H18N4S.C9H15N.C8H9ClN2S.C3H8/c1-10-3-5-11(6-4-10)13-17-18(2)14(19-13)16-12-7-8-15-9-12;1-3-9(4-2)7-5-6-8-10;1-10-11-8(12)6-2-4-7(9)5-3-6;1-3-2/h3-6,12,15H,7-9H2,1-2H3;3,5-7H,1,4,8,10H2,2H3;2-5,10H,1H3,(H,11,12);3H2,1-2H3/b;6-5-,9-7+;;. The van der Waals surface area contributed by atoms with Crippen molar-refractivity contribution in [2.75, 3.05) is 26.7 Å². The van der Waals surface area contributed by atoms with Crippen LogP contribution in [0.25, 0.3) is 10.6 Å². The second-order valence-corrected chi connectivity index (χ2v) is 11.6. The molecule has 240 valence electrons. The predicted molar refractivity (Wildman–Crippen MR) is 196 cm³/mol. The van der Waals surface area contributed by atoms with Crippen molar-refractivity contribution in [3.05, 3.63) is 106 Å². The molecule has 3 aromatic rings. The Hall–Kier alpha value is -2.92. The molecule has 1 aromatic heterocycles. The van der Waals surface area contributed by atoms with E-state index < -0.39 is 0 Å². The number of allylic oxidation sites excluding steroid dienone is 4. The molecule has 44 heavy (non-hydrogen) atoms. The first kappa shape index (κ1) is 39.1. The molecule has 1 aliphatic rings. The maximum atomic E-state index is 5.71. The summed E-state index contributed by atoms with van der Waals surface area (Å²) >= 11 is 12.4. The Bertz CT molecular complexity index is 1350. The minimum atomic E-state index is 0.400. The molecule has 2 heterocycles. The van der Waals surface area contributed by atoms with Crippen LogP contribution in [0.15, 0.2) is 90.0 Å². The first-order valence-electron chi connectivity index (χ1n) is 15.0. The van der Waals surface area contributed by atoms with Gasteiger partial charge < -0.3 is 16.5 Å². The number of aryl methyl sites for hydroxylation is 2. The van der Waals surface area contributed by atoms with Gasteiger partial charge in [-0.1, -0.05) is 135 Å². The molecule has 0 bridgehead atoms. The van der Waals surface area contributed by atoms with E-state index in [0.717, 1.165) is 46.9 Å². The van der Waals surface area contributed by atoms with Gasteiger partial charge in [-0.2, -0.15) is 5.10 Å². The van der Waals surface area contributed by atoms with Gasteiger partial charge in [0.2, 0.25) is 4.80 Å². The van der Waals surface area contributed by atoms with Crippen molar-refractivity contribution < 1.29 is 0 Å². The van der Waals surface area contributed by atoms with Crippen LogP contribution in [-0.2, 0) is 7.05 Å². The van der Waals surface area contributed by atoms with Crippen LogP contribution < -0.4 is 26.7 Å². The third kappa shape index (κ3) is 15.7. The van der Waals surface area contributed by atoms with Crippen molar-refractivity contribution in [1.82, 2.24) is 25.9 Å². The second-order valence-electron chi connectivity index (χ2n) is 9.84. The number of nitrogens with two attached hydrogens (primary N) is 1. The minimum absolute atomic E-state index is 0.400. The average Bonchev–Trinajstić information content (AvgIpc) is 3.67. The van der Waals surface area contributed by atoms with E-state index in [1.54, 1.807) is 30.5 Å². The monoisotopic (exact) mass is 655 g/mol. The highest BCUT2D eigenvalue weighted by Crippen LogP contribution is 2.19. The fourth-order valence-electron chi connectivity index (χ4n) is 3.57. The van der Waals surface area contributed by atoms with Crippen molar-refractivity contribution in [1.29, 1.82) is 0 Å². The van der Waals surface area contributed by atoms with Gasteiger partial charge in [-0.05, 0) is 44.0 Å². The van der Waals surface area contributed by atoms with Gasteiger partial charge in [0.25, 0.3) is 0 Å². The molecule has 2 aromatic carbocycles. The third-order valence-electron chi connectivity index (χ3n) is 5.93. The van der Waals surface area contributed by atoms with Crippen molar-refractivity contribution >= 4 is 40.1 Å². The van der Waals surface area contributed by atoms with Gasteiger partial charge in [-0.15, -0.1) is 0 Å². The number of halogens is 1. The molecular formula is C34H50ClN7S2. The van der Waals surface area contributed by atoms with Gasteiger partial charge in [0, 0.05) is 43.3 Å². The Morgan fingerprint density at radius 2 is 1.86 bits per heavy atom. The van der Waals surface area contributed by atoms with Crippen LogP contribution in [0, 0.1) is 6.92 Å². The van der Waals surface area contributed by atoms with Gasteiger partial charge >= 0.3 is 0 Å². The molecule has 0 saturated carbocycles. The number of benzene rings is 2. The molecule has 0 spiro atoms. The maximum absolute atomic E-state index is 5.71. The number of hydrogen-bond acceptors (Lipinski definition) is 7. The van der Waals surface area contributed by atoms with E-state index in [1.165, 1.54) is 17.6 Å². The lowest BCUT2D eigenvalue weighted by molar-refractivity contribution is 0.666. The summed E-state index contributed by atoms with van der Waals surface area (Å²) in [5, 5.41) is 9.66. The van der Waals surface area contributed by atoms with Crippen LogP contribution in [0.3, 0.4) is 0 Å². The van der Waals surface area contributed by atoms with Crippen LogP contribution >= 0.6 is 35.2 Å². The van der Waals surface area contributed by atoms with Gasteiger partial charge in [-0.25, -0.2) is 10.1 Å². The van der Waals surface area contributed by atoms with E-state index in [9.17, 15) is 0 Å². The number of aromatic nitrogens is 2. The minimum Gasteiger partial charge on any atom is -0.327 e. The quantitative estimate of drug-likeness (QED) is 0.120. The maximum Gasteiger partial charge on any atom is 0.203 e. The molecule has 1 atom stereocenters. The molecule has 10 heteroatoms. The fraction of sp³-hybridized carbons (Fsp3) is 0.382. The van der Waals surface area contributed by atoms with Gasteiger partial charge in [-0.3, -0.25) is 4.99 Å². The summed E-state index contributed by atoms with van der Waals surface area (Å²) in [5.74, 6) is 0. The van der Waals surface area contributed by atoms with Crippen molar-refractivity contribution in [2.24, 2.45) is 17.8 Å². The lowest BCUT2D eigenvalue weighted by Gasteiger charge is -2.05. The summed E-state index contributed by atoms with van der Waals surface area (Å²) in [7, 11) is 3.73. The summed E-state index contributed by atoms with van der Waals surface area (Å²) in [5.41, 5.74) is 15.5. The van der Waals surface area contributed by atoms with Crippen LogP contribution in [-0.4, -0.2) is 47.5 Å². The molecule has 7 nitrogen and oxygen atoms in total. The number of thiocarbonyl (C=S) groups is 1. The summed E-state index contributed by atoms with van der Waals surface area (Å²) in [6, 6.07) is 16.2. The highest BCUT2D eigenvalue weighted by atomic mass is 35.5. The van der Waals surface area contributed by atoms with Crippen molar-refractivity contribution in [3.8, 4) is 10.6 Å². The van der Waals surface area contributed by atoms with Crippen LogP contribution in [0.5, 0.6) is 0 Å². The molecule has 1 fully saturated rings. The first-order chi connectivity index (χ1) is 21.2. The zero-order valence-electron chi connectivity index (χ0n) is 27.1. The summed E-state index contributed by atoms with van der Waals surface area (Å²) in [6.07, 6.45) is 11.2. The summed E-state index contributed by atoms with van der Waals surface area (Å²) in [4.78, 5) is 6.44. The Morgan fingerprint density at radius 1 is 1.20 bits per heavy atom. The van der Waals surface area contributed by atoms with Gasteiger partial charge in [0.1, 0.15) is 10.00 Å². The fourth-order valence-corrected chi connectivity index (χ4v) is 4.90. The molecule has 1 saturated heterocycles.